The fourth-order valence-corrected chi connectivity index (χ4v) is 3.71. The first-order chi connectivity index (χ1) is 14.8. The van der Waals surface area contributed by atoms with Gasteiger partial charge in [-0.3, -0.25) is 4.98 Å². The number of sulfone groups is 1. The predicted octanol–water partition coefficient (Wildman–Crippen LogP) is 4.72. The molecule has 9 heteroatoms. The molecule has 4 aromatic rings. The largest absolute Gasteiger partial charge is 0.439 e. The van der Waals surface area contributed by atoms with Gasteiger partial charge in [0.15, 0.2) is 15.7 Å². The highest BCUT2D eigenvalue weighted by Gasteiger charge is 2.12. The molecule has 0 bridgehead atoms. The molecule has 4 rings (SSSR count). The number of anilines is 1. The molecule has 0 aliphatic rings. The van der Waals surface area contributed by atoms with Crippen molar-refractivity contribution in [2.75, 3.05) is 11.6 Å². The Morgan fingerprint density at radius 1 is 1.00 bits per heavy atom. The van der Waals surface area contributed by atoms with Crippen LogP contribution in [-0.4, -0.2) is 24.6 Å². The number of rotatable bonds is 6. The molecule has 2 aromatic carbocycles. The average Bonchev–Trinajstić information content (AvgIpc) is 2.73. The van der Waals surface area contributed by atoms with Gasteiger partial charge in [0, 0.05) is 47.9 Å². The maximum Gasteiger partial charge on any atom is 0.224 e. The van der Waals surface area contributed by atoms with Gasteiger partial charge in [-0.15, -0.1) is 0 Å². The lowest BCUT2D eigenvalue weighted by atomic mass is 10.1. The molecule has 31 heavy (non-hydrogen) atoms. The summed E-state index contributed by atoms with van der Waals surface area (Å²) in [5, 5.41) is 3.44. The van der Waals surface area contributed by atoms with Crippen LogP contribution in [-0.2, 0) is 16.4 Å². The van der Waals surface area contributed by atoms with E-state index < -0.39 is 21.5 Å². The van der Waals surface area contributed by atoms with E-state index in [4.69, 9.17) is 4.74 Å². The highest BCUT2D eigenvalue weighted by molar-refractivity contribution is 7.90. The lowest BCUT2D eigenvalue weighted by Gasteiger charge is -2.13. The highest BCUT2D eigenvalue weighted by Crippen LogP contribution is 2.28. The number of pyridine rings is 2. The van der Waals surface area contributed by atoms with E-state index in [-0.39, 0.29) is 22.8 Å². The molecule has 0 atom stereocenters. The zero-order valence-corrected chi connectivity index (χ0v) is 17.2. The molecule has 6 nitrogen and oxygen atoms in total. The van der Waals surface area contributed by atoms with E-state index in [1.807, 2.05) is 0 Å². The van der Waals surface area contributed by atoms with E-state index in [0.717, 1.165) is 12.3 Å². The van der Waals surface area contributed by atoms with Gasteiger partial charge in [0.1, 0.15) is 17.1 Å². The Morgan fingerprint density at radius 2 is 1.84 bits per heavy atom. The third-order valence-electron chi connectivity index (χ3n) is 4.53. The topological polar surface area (TPSA) is 81.2 Å². The molecule has 0 amide bonds. The molecule has 2 heterocycles. The number of aromatic nitrogens is 2. The molecule has 0 aliphatic carbocycles. The predicted molar refractivity (Wildman–Crippen MR) is 113 cm³/mol. The minimum atomic E-state index is -3.38. The van der Waals surface area contributed by atoms with E-state index in [1.165, 1.54) is 24.4 Å². The molecule has 0 aliphatic heterocycles. The molecular formula is C22H17F2N3O3S. The summed E-state index contributed by atoms with van der Waals surface area (Å²) < 4.78 is 57.1. The van der Waals surface area contributed by atoms with E-state index in [9.17, 15) is 17.2 Å². The first kappa shape index (κ1) is 20.7. The van der Waals surface area contributed by atoms with Crippen molar-refractivity contribution in [2.24, 2.45) is 0 Å². The first-order valence-electron chi connectivity index (χ1n) is 9.21. The number of hydrogen-bond acceptors (Lipinski definition) is 6. The second kappa shape index (κ2) is 8.27. The van der Waals surface area contributed by atoms with Crippen LogP contribution >= 0.6 is 0 Å². The van der Waals surface area contributed by atoms with Gasteiger partial charge in [0.05, 0.1) is 4.90 Å². The van der Waals surface area contributed by atoms with Gasteiger partial charge in [0.2, 0.25) is 5.88 Å². The third kappa shape index (κ3) is 4.61. The Hall–Kier alpha value is -3.59. The Morgan fingerprint density at radius 3 is 2.65 bits per heavy atom. The summed E-state index contributed by atoms with van der Waals surface area (Å²) in [6.45, 7) is 0.242. The van der Waals surface area contributed by atoms with Crippen molar-refractivity contribution in [3.8, 4) is 11.6 Å². The summed E-state index contributed by atoms with van der Waals surface area (Å²) in [7, 11) is -3.38. The number of nitrogens with zero attached hydrogens (tertiary/aromatic N) is 2. The van der Waals surface area contributed by atoms with E-state index >= 15 is 0 Å². The van der Waals surface area contributed by atoms with Gasteiger partial charge in [-0.2, -0.15) is 0 Å². The van der Waals surface area contributed by atoms with Gasteiger partial charge in [-0.1, -0.05) is 12.1 Å². The zero-order valence-electron chi connectivity index (χ0n) is 16.3. The monoisotopic (exact) mass is 441 g/mol. The van der Waals surface area contributed by atoms with Crippen LogP contribution in [0.3, 0.4) is 0 Å². The van der Waals surface area contributed by atoms with Crippen LogP contribution in [0.1, 0.15) is 5.56 Å². The van der Waals surface area contributed by atoms with Crippen molar-refractivity contribution in [3.05, 3.63) is 84.2 Å². The maximum atomic E-state index is 14.0. The minimum absolute atomic E-state index is 0.0617. The van der Waals surface area contributed by atoms with Crippen LogP contribution in [0, 0.1) is 11.6 Å². The SMILES string of the molecule is CS(=O)(=O)c1cccc(Oc2ncccc2CNc2ccnc3c(F)cc(F)cc23)c1. The van der Waals surface area contributed by atoms with E-state index in [0.29, 0.717) is 22.4 Å². The molecular weight excluding hydrogens is 424 g/mol. The van der Waals surface area contributed by atoms with Crippen molar-refractivity contribution >= 4 is 26.4 Å². The second-order valence-electron chi connectivity index (χ2n) is 6.81. The van der Waals surface area contributed by atoms with Crippen molar-refractivity contribution < 1.29 is 21.9 Å². The number of halogens is 2. The average molecular weight is 441 g/mol. The lowest BCUT2D eigenvalue weighted by molar-refractivity contribution is 0.455. The van der Waals surface area contributed by atoms with Crippen LogP contribution in [0.5, 0.6) is 11.6 Å². The van der Waals surface area contributed by atoms with Crippen LogP contribution in [0.25, 0.3) is 10.9 Å². The van der Waals surface area contributed by atoms with Crippen LogP contribution in [0.4, 0.5) is 14.5 Å². The van der Waals surface area contributed by atoms with Gasteiger partial charge < -0.3 is 10.1 Å². The molecule has 158 valence electrons. The molecule has 0 fully saturated rings. The van der Waals surface area contributed by atoms with Crippen LogP contribution in [0.2, 0.25) is 0 Å². The molecule has 1 N–H and O–H groups in total. The molecule has 2 aromatic heterocycles. The summed E-state index contributed by atoms with van der Waals surface area (Å²) in [4.78, 5) is 8.33. The Bertz CT molecular complexity index is 1380. The number of nitrogens with one attached hydrogen (secondary N) is 1. The standard InChI is InChI=1S/C22H17F2N3O3S/c1-31(28,29)17-6-2-5-16(12-17)30-22-14(4-3-8-26-22)13-27-20-7-9-25-21-18(20)10-15(23)11-19(21)24/h2-12H,13H2,1H3,(H,25,27). The van der Waals surface area contributed by atoms with E-state index in [1.54, 1.807) is 36.5 Å². The molecule has 0 saturated carbocycles. The molecule has 0 radical (unpaired) electrons. The fourth-order valence-electron chi connectivity index (χ4n) is 3.05. The Kier molecular flexibility index (Phi) is 5.51. The third-order valence-corrected chi connectivity index (χ3v) is 5.64. The fraction of sp³-hybridized carbons (Fsp3) is 0.0909. The summed E-state index contributed by atoms with van der Waals surface area (Å²) in [5.41, 5.74) is 1.22. The number of benzene rings is 2. The molecule has 0 spiro atoms. The van der Waals surface area contributed by atoms with Crippen molar-refractivity contribution in [2.45, 2.75) is 11.4 Å². The lowest BCUT2D eigenvalue weighted by Crippen LogP contribution is -2.04. The number of fused-ring (bicyclic) bond motifs is 1. The van der Waals surface area contributed by atoms with Gasteiger partial charge >= 0.3 is 0 Å². The molecule has 0 unspecified atom stereocenters. The number of hydrogen-bond donors (Lipinski definition) is 1. The number of ether oxygens (including phenoxy) is 1. The maximum absolute atomic E-state index is 14.0. The first-order valence-corrected chi connectivity index (χ1v) is 11.1. The summed E-state index contributed by atoms with van der Waals surface area (Å²) in [6.07, 6.45) is 4.10. The zero-order chi connectivity index (χ0) is 22.0. The minimum Gasteiger partial charge on any atom is -0.439 e. The van der Waals surface area contributed by atoms with Gasteiger partial charge in [-0.05, 0) is 36.4 Å². The second-order valence-corrected chi connectivity index (χ2v) is 8.83. The van der Waals surface area contributed by atoms with E-state index in [2.05, 4.69) is 15.3 Å². The smallest absolute Gasteiger partial charge is 0.224 e. The van der Waals surface area contributed by atoms with Crippen LogP contribution < -0.4 is 10.1 Å². The normalized spacial score (nSPS) is 11.5. The molecule has 0 saturated heterocycles. The summed E-state index contributed by atoms with van der Waals surface area (Å²) in [5.74, 6) is -0.843. The van der Waals surface area contributed by atoms with Crippen molar-refractivity contribution in [1.29, 1.82) is 0 Å². The van der Waals surface area contributed by atoms with Crippen molar-refractivity contribution in [1.82, 2.24) is 9.97 Å². The quantitative estimate of drug-likeness (QED) is 0.467. The summed E-state index contributed by atoms with van der Waals surface area (Å²) >= 11 is 0. The van der Waals surface area contributed by atoms with Gasteiger partial charge in [-0.25, -0.2) is 22.2 Å². The van der Waals surface area contributed by atoms with Crippen LogP contribution in [0.15, 0.2) is 71.9 Å². The van der Waals surface area contributed by atoms with Gasteiger partial charge in [0.25, 0.3) is 0 Å². The Labute approximate surface area is 177 Å². The Balaban J connectivity index is 1.60. The van der Waals surface area contributed by atoms with Crippen molar-refractivity contribution in [3.63, 3.8) is 0 Å². The highest BCUT2D eigenvalue weighted by atomic mass is 32.2. The summed E-state index contributed by atoms with van der Waals surface area (Å²) in [6, 6.07) is 13.2.